The van der Waals surface area contributed by atoms with E-state index in [0.717, 1.165) is 10.3 Å². The highest BCUT2D eigenvalue weighted by Gasteiger charge is 2.37. The monoisotopic (exact) mass is 456 g/mol. The number of aryl methyl sites for hydroxylation is 1. The van der Waals surface area contributed by atoms with Crippen molar-refractivity contribution in [3.05, 3.63) is 47.9 Å². The Balaban J connectivity index is 1.87. The summed E-state index contributed by atoms with van der Waals surface area (Å²) >= 11 is 0. The summed E-state index contributed by atoms with van der Waals surface area (Å²) in [5.41, 5.74) is 1.57. The number of methoxy groups -OCH3 is 1. The molecule has 3 heterocycles. The van der Waals surface area contributed by atoms with Crippen molar-refractivity contribution in [2.24, 2.45) is 0 Å². The van der Waals surface area contributed by atoms with Gasteiger partial charge in [0.2, 0.25) is 0 Å². The van der Waals surface area contributed by atoms with Crippen molar-refractivity contribution in [1.82, 2.24) is 24.0 Å². The Morgan fingerprint density at radius 1 is 1.22 bits per heavy atom. The fourth-order valence-electron chi connectivity index (χ4n) is 4.32. The first kappa shape index (κ1) is 20.4. The number of nitrogens with one attached hydrogen (secondary N) is 1. The third kappa shape index (κ3) is 2.73. The third-order valence-corrected chi connectivity index (χ3v) is 6.55. The van der Waals surface area contributed by atoms with Crippen LogP contribution >= 0.6 is 0 Å². The number of nitrogens with zero attached hydrogens (tertiary/aromatic N) is 5. The van der Waals surface area contributed by atoms with E-state index in [1.807, 2.05) is 25.3 Å². The molecule has 32 heavy (non-hydrogen) atoms. The van der Waals surface area contributed by atoms with E-state index in [0.29, 0.717) is 39.5 Å². The van der Waals surface area contributed by atoms with Crippen molar-refractivity contribution >= 4 is 26.6 Å². The maximum Gasteiger partial charge on any atom is 0.251 e. The summed E-state index contributed by atoms with van der Waals surface area (Å²) in [6.45, 7) is 5.70. The minimum absolute atomic E-state index is 0.199. The topological polar surface area (TPSA) is 104 Å². The van der Waals surface area contributed by atoms with Crippen LogP contribution in [-0.2, 0) is 15.6 Å². The van der Waals surface area contributed by atoms with Gasteiger partial charge in [-0.05, 0) is 32.4 Å². The Bertz CT molecular complexity index is 1520. The van der Waals surface area contributed by atoms with Crippen molar-refractivity contribution in [1.29, 1.82) is 0 Å². The van der Waals surface area contributed by atoms with Gasteiger partial charge in [-0.15, -0.1) is 10.2 Å². The van der Waals surface area contributed by atoms with Crippen molar-refractivity contribution in [2.75, 3.05) is 18.7 Å². The van der Waals surface area contributed by atoms with Gasteiger partial charge < -0.3 is 10.1 Å². The van der Waals surface area contributed by atoms with Crippen molar-refractivity contribution in [3.63, 3.8) is 0 Å². The molecule has 0 radical (unpaired) electrons. The first-order valence-electron chi connectivity index (χ1n) is 9.84. The highest BCUT2D eigenvalue weighted by molar-refractivity contribution is 7.89. The van der Waals surface area contributed by atoms with Gasteiger partial charge in [-0.2, -0.15) is 9.19 Å². The molecule has 4 aromatic rings. The van der Waals surface area contributed by atoms with Crippen molar-refractivity contribution in [2.45, 2.75) is 26.3 Å². The average molecular weight is 457 g/mol. The quantitative estimate of drug-likeness (QED) is 0.505. The van der Waals surface area contributed by atoms with Crippen LogP contribution in [0.15, 0.2) is 30.5 Å². The zero-order chi connectivity index (χ0) is 23.0. The number of halogens is 1. The van der Waals surface area contributed by atoms with Crippen LogP contribution in [0.5, 0.6) is 5.75 Å². The molecule has 0 saturated heterocycles. The van der Waals surface area contributed by atoms with Gasteiger partial charge in [-0.1, -0.05) is 12.1 Å². The third-order valence-electron chi connectivity index (χ3n) is 5.63. The summed E-state index contributed by atoms with van der Waals surface area (Å²) in [6, 6.07) is 6.42. The molecule has 0 aliphatic carbocycles. The summed E-state index contributed by atoms with van der Waals surface area (Å²) in [4.78, 5) is 0. The number of hydrogen-bond acceptors (Lipinski definition) is 7. The van der Waals surface area contributed by atoms with Crippen LogP contribution in [0.2, 0.25) is 0 Å². The molecule has 2 aromatic carbocycles. The highest BCUT2D eigenvalue weighted by Crippen LogP contribution is 2.48. The smallest absolute Gasteiger partial charge is 0.251 e. The van der Waals surface area contributed by atoms with Gasteiger partial charge >= 0.3 is 0 Å². The summed E-state index contributed by atoms with van der Waals surface area (Å²) in [5.74, 6) is 1.07. The van der Waals surface area contributed by atoms with E-state index in [1.165, 1.54) is 19.4 Å². The lowest BCUT2D eigenvalue weighted by molar-refractivity contribution is 0.408. The van der Waals surface area contributed by atoms with Crippen LogP contribution in [0.25, 0.3) is 27.7 Å². The molecular formula is C21H21FN6O3S. The van der Waals surface area contributed by atoms with E-state index >= 15 is 4.39 Å². The van der Waals surface area contributed by atoms with Crippen molar-refractivity contribution in [3.8, 4) is 22.6 Å². The standard InChI is InChI=1S/C21H21FN6O3S/c1-11-25-26-20-21(2,3)24-15-9-14(22)17(19(31-4)18(15)27(11)20)12-7-6-8-16-13(12)10-23-28(16)32(5,29)30/h6-10,24H,1-5H3. The van der Waals surface area contributed by atoms with E-state index in [9.17, 15) is 8.42 Å². The molecule has 166 valence electrons. The molecule has 0 saturated carbocycles. The van der Waals surface area contributed by atoms with Crippen LogP contribution in [-0.4, -0.2) is 45.7 Å². The predicted octanol–water partition coefficient (Wildman–Crippen LogP) is 3.21. The molecule has 9 nitrogen and oxygen atoms in total. The minimum Gasteiger partial charge on any atom is -0.494 e. The van der Waals surface area contributed by atoms with E-state index < -0.39 is 21.4 Å². The Kier molecular flexibility index (Phi) is 4.16. The fraction of sp³-hybridized carbons (Fsp3) is 0.286. The lowest BCUT2D eigenvalue weighted by atomic mass is 9.95. The normalized spacial score (nSPS) is 14.7. The van der Waals surface area contributed by atoms with Gasteiger partial charge in [0, 0.05) is 11.5 Å². The molecule has 0 spiro atoms. The second kappa shape index (κ2) is 6.52. The molecule has 2 aromatic heterocycles. The van der Waals surface area contributed by atoms with E-state index in [-0.39, 0.29) is 11.3 Å². The van der Waals surface area contributed by atoms with Gasteiger partial charge in [0.25, 0.3) is 10.0 Å². The second-order valence-electron chi connectivity index (χ2n) is 8.31. The second-order valence-corrected chi connectivity index (χ2v) is 10.1. The average Bonchev–Trinajstić information content (AvgIpc) is 3.31. The summed E-state index contributed by atoms with van der Waals surface area (Å²) in [6.07, 6.45) is 2.48. The molecular weight excluding hydrogens is 435 g/mol. The Labute approximate surface area is 183 Å². The number of benzene rings is 2. The molecule has 0 fully saturated rings. The lowest BCUT2D eigenvalue weighted by Gasteiger charge is -2.35. The van der Waals surface area contributed by atoms with Crippen LogP contribution in [0.1, 0.15) is 25.5 Å². The number of ether oxygens (including phenoxy) is 1. The van der Waals surface area contributed by atoms with Crippen LogP contribution in [0.3, 0.4) is 0 Å². The maximum absolute atomic E-state index is 15.6. The zero-order valence-corrected chi connectivity index (χ0v) is 19.0. The van der Waals surface area contributed by atoms with Crippen LogP contribution < -0.4 is 10.1 Å². The van der Waals surface area contributed by atoms with Gasteiger partial charge in [0.15, 0.2) is 11.6 Å². The van der Waals surface area contributed by atoms with E-state index in [2.05, 4.69) is 20.6 Å². The molecule has 11 heteroatoms. The Morgan fingerprint density at radius 2 is 1.97 bits per heavy atom. The number of aromatic nitrogens is 5. The van der Waals surface area contributed by atoms with Crippen LogP contribution in [0, 0.1) is 12.7 Å². The molecule has 1 aliphatic heterocycles. The van der Waals surface area contributed by atoms with Gasteiger partial charge in [-0.25, -0.2) is 12.8 Å². The zero-order valence-electron chi connectivity index (χ0n) is 18.1. The molecule has 0 bridgehead atoms. The van der Waals surface area contributed by atoms with Gasteiger partial charge in [0.05, 0.1) is 41.9 Å². The summed E-state index contributed by atoms with van der Waals surface area (Å²) < 4.78 is 48.4. The SMILES string of the molecule is COc1c(-c2cccc3c2cnn3S(C)(=O)=O)c(F)cc2c1-n1c(C)nnc1C(C)(C)N2. The predicted molar refractivity (Wildman–Crippen MR) is 118 cm³/mol. The first-order valence-corrected chi connectivity index (χ1v) is 11.7. The lowest BCUT2D eigenvalue weighted by Crippen LogP contribution is -2.36. The van der Waals surface area contributed by atoms with Gasteiger partial charge in [-0.3, -0.25) is 4.57 Å². The first-order chi connectivity index (χ1) is 15.0. The molecule has 5 rings (SSSR count). The van der Waals surface area contributed by atoms with E-state index in [4.69, 9.17) is 4.74 Å². The molecule has 1 aliphatic rings. The maximum atomic E-state index is 15.6. The number of rotatable bonds is 3. The Hall–Kier alpha value is -3.47. The number of hydrogen-bond donors (Lipinski definition) is 1. The minimum atomic E-state index is -3.63. The molecule has 0 unspecified atom stereocenters. The summed E-state index contributed by atoms with van der Waals surface area (Å²) in [5, 5.41) is 16.3. The highest BCUT2D eigenvalue weighted by atomic mass is 32.2. The molecule has 0 amide bonds. The fourth-order valence-corrected chi connectivity index (χ4v) is 5.06. The Morgan fingerprint density at radius 3 is 2.66 bits per heavy atom. The van der Waals surface area contributed by atoms with Gasteiger partial charge in [0.1, 0.15) is 17.3 Å². The largest absolute Gasteiger partial charge is 0.494 e. The molecule has 1 N–H and O–H groups in total. The molecule has 0 atom stereocenters. The van der Waals surface area contributed by atoms with Crippen LogP contribution in [0.4, 0.5) is 10.1 Å². The number of fused-ring (bicyclic) bond motifs is 4. The number of anilines is 1. The van der Waals surface area contributed by atoms with E-state index in [1.54, 1.807) is 18.2 Å². The van der Waals surface area contributed by atoms with Crippen molar-refractivity contribution < 1.29 is 17.5 Å². The summed E-state index contributed by atoms with van der Waals surface area (Å²) in [7, 11) is -2.16.